The molecule has 0 saturated carbocycles. The van der Waals surface area contributed by atoms with Crippen LogP contribution in [-0.2, 0) is 6.54 Å². The van der Waals surface area contributed by atoms with Crippen LogP contribution in [0.2, 0.25) is 0 Å². The SMILES string of the molecule is CCOc1cc(NC2CCN(Cc3ccc(F)c(F)c3)CC2)ncn1. The first-order valence-electron chi connectivity index (χ1n) is 8.51. The summed E-state index contributed by atoms with van der Waals surface area (Å²) >= 11 is 0. The standard InChI is InChI=1S/C18H22F2N4O/c1-2-25-18-10-17(21-12-22-18)23-14-5-7-24(8-6-14)11-13-3-4-15(19)16(20)9-13/h3-4,9-10,12,14H,2,5-8,11H2,1H3,(H,21,22,23). The molecule has 0 bridgehead atoms. The predicted molar refractivity (Wildman–Crippen MR) is 91.5 cm³/mol. The number of nitrogens with one attached hydrogen (secondary N) is 1. The molecule has 5 nitrogen and oxygen atoms in total. The Labute approximate surface area is 146 Å². The molecule has 1 aromatic carbocycles. The number of rotatable bonds is 6. The van der Waals surface area contributed by atoms with Crippen molar-refractivity contribution in [3.8, 4) is 5.88 Å². The molecular weight excluding hydrogens is 326 g/mol. The van der Waals surface area contributed by atoms with Gasteiger partial charge in [-0.25, -0.2) is 18.7 Å². The molecule has 1 aliphatic rings. The van der Waals surface area contributed by atoms with Crippen LogP contribution in [0.1, 0.15) is 25.3 Å². The Kier molecular flexibility index (Phi) is 5.75. The Morgan fingerprint density at radius 3 is 2.68 bits per heavy atom. The maximum absolute atomic E-state index is 13.3. The van der Waals surface area contributed by atoms with Crippen molar-refractivity contribution in [2.45, 2.75) is 32.4 Å². The summed E-state index contributed by atoms with van der Waals surface area (Å²) in [5.41, 5.74) is 0.794. The molecule has 1 aromatic heterocycles. The second-order valence-corrected chi connectivity index (χ2v) is 6.12. The summed E-state index contributed by atoms with van der Waals surface area (Å²) in [5, 5.41) is 3.41. The van der Waals surface area contributed by atoms with Gasteiger partial charge in [0.2, 0.25) is 5.88 Å². The molecule has 2 heterocycles. The van der Waals surface area contributed by atoms with E-state index in [1.54, 1.807) is 12.1 Å². The van der Waals surface area contributed by atoms with Gasteiger partial charge in [-0.3, -0.25) is 4.90 Å². The quantitative estimate of drug-likeness (QED) is 0.869. The summed E-state index contributed by atoms with van der Waals surface area (Å²) in [5.74, 6) is -0.265. The van der Waals surface area contributed by atoms with Crippen molar-refractivity contribution in [3.63, 3.8) is 0 Å². The molecule has 0 radical (unpaired) electrons. The molecule has 0 atom stereocenters. The van der Waals surface area contributed by atoms with Gasteiger partial charge in [0, 0.05) is 31.7 Å². The highest BCUT2D eigenvalue weighted by Gasteiger charge is 2.20. The molecule has 1 saturated heterocycles. The summed E-state index contributed by atoms with van der Waals surface area (Å²) in [7, 11) is 0. The van der Waals surface area contributed by atoms with Crippen LogP contribution in [0.25, 0.3) is 0 Å². The summed E-state index contributed by atoms with van der Waals surface area (Å²) in [6, 6.07) is 6.22. The largest absolute Gasteiger partial charge is 0.478 e. The van der Waals surface area contributed by atoms with E-state index in [1.165, 1.54) is 18.5 Å². The molecule has 0 amide bonds. The van der Waals surface area contributed by atoms with E-state index in [9.17, 15) is 8.78 Å². The summed E-state index contributed by atoms with van der Waals surface area (Å²) in [4.78, 5) is 10.5. The molecule has 2 aromatic rings. The Morgan fingerprint density at radius 2 is 1.96 bits per heavy atom. The van der Waals surface area contributed by atoms with E-state index >= 15 is 0 Å². The number of hydrogen-bond donors (Lipinski definition) is 1. The molecule has 25 heavy (non-hydrogen) atoms. The lowest BCUT2D eigenvalue weighted by atomic mass is 10.0. The van der Waals surface area contributed by atoms with E-state index in [0.717, 1.165) is 37.3 Å². The van der Waals surface area contributed by atoms with Crippen LogP contribution in [-0.4, -0.2) is 40.6 Å². The molecule has 3 rings (SSSR count). The number of piperidine rings is 1. The zero-order chi connectivity index (χ0) is 17.6. The average Bonchev–Trinajstić information content (AvgIpc) is 2.61. The second-order valence-electron chi connectivity index (χ2n) is 6.12. The van der Waals surface area contributed by atoms with E-state index in [0.29, 0.717) is 25.1 Å². The second kappa shape index (κ2) is 8.20. The first-order chi connectivity index (χ1) is 12.1. The minimum Gasteiger partial charge on any atom is -0.478 e. The third-order valence-electron chi connectivity index (χ3n) is 4.26. The topological polar surface area (TPSA) is 50.3 Å². The van der Waals surface area contributed by atoms with Gasteiger partial charge in [0.25, 0.3) is 0 Å². The summed E-state index contributed by atoms with van der Waals surface area (Å²) in [6.07, 6.45) is 3.40. The van der Waals surface area contributed by atoms with Crippen molar-refractivity contribution in [3.05, 3.63) is 47.8 Å². The van der Waals surface area contributed by atoms with Crippen LogP contribution < -0.4 is 10.1 Å². The van der Waals surface area contributed by atoms with Gasteiger partial charge in [-0.05, 0) is 37.5 Å². The third-order valence-corrected chi connectivity index (χ3v) is 4.26. The highest BCUT2D eigenvalue weighted by molar-refractivity contribution is 5.38. The van der Waals surface area contributed by atoms with Crippen molar-refractivity contribution < 1.29 is 13.5 Å². The highest BCUT2D eigenvalue weighted by Crippen LogP contribution is 2.19. The Morgan fingerprint density at radius 1 is 1.16 bits per heavy atom. The van der Waals surface area contributed by atoms with E-state index in [1.807, 2.05) is 6.92 Å². The lowest BCUT2D eigenvalue weighted by molar-refractivity contribution is 0.211. The number of halogens is 2. The Balaban J connectivity index is 1.50. The summed E-state index contributed by atoms with van der Waals surface area (Å²) in [6.45, 7) is 4.89. The number of nitrogens with zero attached hydrogens (tertiary/aromatic N) is 3. The lowest BCUT2D eigenvalue weighted by Gasteiger charge is -2.32. The van der Waals surface area contributed by atoms with Gasteiger partial charge in [-0.15, -0.1) is 0 Å². The summed E-state index contributed by atoms with van der Waals surface area (Å²) < 4.78 is 31.7. The normalized spacial score (nSPS) is 16.0. The number of benzene rings is 1. The first kappa shape index (κ1) is 17.5. The number of ether oxygens (including phenoxy) is 1. The molecule has 0 spiro atoms. The minimum absolute atomic E-state index is 0.325. The fraction of sp³-hybridized carbons (Fsp3) is 0.444. The highest BCUT2D eigenvalue weighted by atomic mass is 19.2. The monoisotopic (exact) mass is 348 g/mol. The Bertz CT molecular complexity index is 705. The minimum atomic E-state index is -0.803. The van der Waals surface area contributed by atoms with Gasteiger partial charge in [0.15, 0.2) is 11.6 Å². The fourth-order valence-corrected chi connectivity index (χ4v) is 2.99. The molecule has 1 fully saturated rings. The maximum Gasteiger partial charge on any atom is 0.218 e. The van der Waals surface area contributed by atoms with Crippen LogP contribution >= 0.6 is 0 Å². The zero-order valence-corrected chi connectivity index (χ0v) is 14.2. The molecule has 0 unspecified atom stereocenters. The van der Waals surface area contributed by atoms with Crippen LogP contribution in [0.15, 0.2) is 30.6 Å². The lowest BCUT2D eigenvalue weighted by Crippen LogP contribution is -2.38. The van der Waals surface area contributed by atoms with Crippen molar-refractivity contribution >= 4 is 5.82 Å². The third kappa shape index (κ3) is 4.85. The van der Waals surface area contributed by atoms with E-state index in [4.69, 9.17) is 4.74 Å². The van der Waals surface area contributed by atoms with Crippen molar-refractivity contribution in [1.82, 2.24) is 14.9 Å². The van der Waals surface area contributed by atoms with Gasteiger partial charge in [-0.1, -0.05) is 6.07 Å². The molecule has 0 aliphatic carbocycles. The van der Waals surface area contributed by atoms with Crippen molar-refractivity contribution in [1.29, 1.82) is 0 Å². The predicted octanol–water partition coefficient (Wildman–Crippen LogP) is 3.23. The van der Waals surface area contributed by atoms with Crippen LogP contribution in [0.4, 0.5) is 14.6 Å². The van der Waals surface area contributed by atoms with Crippen LogP contribution in [0.3, 0.4) is 0 Å². The van der Waals surface area contributed by atoms with E-state index in [-0.39, 0.29) is 0 Å². The van der Waals surface area contributed by atoms with E-state index < -0.39 is 11.6 Å². The number of hydrogen-bond acceptors (Lipinski definition) is 5. The van der Waals surface area contributed by atoms with Crippen molar-refractivity contribution in [2.24, 2.45) is 0 Å². The molecular formula is C18H22F2N4O. The van der Waals surface area contributed by atoms with Gasteiger partial charge < -0.3 is 10.1 Å². The van der Waals surface area contributed by atoms with Crippen LogP contribution in [0.5, 0.6) is 5.88 Å². The van der Waals surface area contributed by atoms with Gasteiger partial charge >= 0.3 is 0 Å². The number of anilines is 1. The number of aromatic nitrogens is 2. The van der Waals surface area contributed by atoms with Gasteiger partial charge in [0.1, 0.15) is 12.1 Å². The Hall–Kier alpha value is -2.28. The smallest absolute Gasteiger partial charge is 0.218 e. The number of likely N-dealkylation sites (tertiary alicyclic amines) is 1. The first-order valence-corrected chi connectivity index (χ1v) is 8.51. The molecule has 7 heteroatoms. The van der Waals surface area contributed by atoms with Crippen LogP contribution in [0, 0.1) is 11.6 Å². The average molecular weight is 348 g/mol. The maximum atomic E-state index is 13.3. The van der Waals surface area contributed by atoms with Crippen molar-refractivity contribution in [2.75, 3.05) is 25.0 Å². The molecule has 1 aliphatic heterocycles. The van der Waals surface area contributed by atoms with E-state index in [2.05, 4.69) is 20.2 Å². The zero-order valence-electron chi connectivity index (χ0n) is 14.2. The molecule has 1 N–H and O–H groups in total. The fourth-order valence-electron chi connectivity index (χ4n) is 2.99. The molecule has 134 valence electrons. The van der Waals surface area contributed by atoms with Gasteiger partial charge in [-0.2, -0.15) is 0 Å². The van der Waals surface area contributed by atoms with Gasteiger partial charge in [0.05, 0.1) is 6.61 Å².